The Bertz CT molecular complexity index is 751. The van der Waals surface area contributed by atoms with Crippen molar-refractivity contribution >= 4 is 15.7 Å². The van der Waals surface area contributed by atoms with Gasteiger partial charge in [0.2, 0.25) is 11.8 Å². The second kappa shape index (κ2) is 6.74. The molecule has 0 saturated carbocycles. The van der Waals surface area contributed by atoms with E-state index in [-0.39, 0.29) is 0 Å². The van der Waals surface area contributed by atoms with Gasteiger partial charge in [-0.3, -0.25) is 4.79 Å². The Hall–Kier alpha value is -2.15. The van der Waals surface area contributed by atoms with Gasteiger partial charge in [-0.2, -0.15) is 0 Å². The maximum atomic E-state index is 11.4. The molecule has 0 saturated heterocycles. The molecule has 1 amide bonds. The van der Waals surface area contributed by atoms with Gasteiger partial charge in [-0.05, 0) is 19.1 Å². The van der Waals surface area contributed by atoms with E-state index in [0.717, 1.165) is 17.5 Å². The molecule has 0 bridgehead atoms. The molecule has 0 atom stereocenters. The number of aryl methyl sites for hydroxylation is 1. The molecule has 2 rings (SSSR count). The zero-order valence-corrected chi connectivity index (χ0v) is 13.3. The van der Waals surface area contributed by atoms with Crippen molar-refractivity contribution in [1.29, 1.82) is 0 Å². The minimum Gasteiger partial charge on any atom is -0.441 e. The summed E-state index contributed by atoms with van der Waals surface area (Å²) >= 11 is 0. The van der Waals surface area contributed by atoms with Crippen LogP contribution < -0.4 is 5.32 Å². The fourth-order valence-corrected chi connectivity index (χ4v) is 2.55. The highest BCUT2D eigenvalue weighted by molar-refractivity contribution is 7.91. The standard InChI is InChI=1S/C15H18N2O4S/c1-11-13(8-9-16-14(18)10-22(2,19)20)17-15(21-11)12-6-4-3-5-7-12/h3-7H,8-10H2,1-2H3,(H,16,18). The van der Waals surface area contributed by atoms with E-state index >= 15 is 0 Å². The fraction of sp³-hybridized carbons (Fsp3) is 0.333. The number of hydrogen-bond acceptors (Lipinski definition) is 5. The number of rotatable bonds is 6. The number of aromatic nitrogens is 1. The second-order valence-corrected chi connectivity index (χ2v) is 7.20. The van der Waals surface area contributed by atoms with Crippen molar-refractivity contribution in [1.82, 2.24) is 10.3 Å². The Balaban J connectivity index is 1.94. The van der Waals surface area contributed by atoms with Crippen molar-refractivity contribution in [2.75, 3.05) is 18.6 Å². The number of carbonyl (C=O) groups is 1. The van der Waals surface area contributed by atoms with E-state index in [1.165, 1.54) is 0 Å². The highest BCUT2D eigenvalue weighted by atomic mass is 32.2. The quantitative estimate of drug-likeness (QED) is 0.867. The summed E-state index contributed by atoms with van der Waals surface area (Å²) in [5.74, 6) is 0.221. The van der Waals surface area contributed by atoms with Gasteiger partial charge in [0.15, 0.2) is 9.84 Å². The third-order valence-electron chi connectivity index (χ3n) is 2.99. The van der Waals surface area contributed by atoms with E-state index in [0.29, 0.717) is 24.6 Å². The van der Waals surface area contributed by atoms with Crippen LogP contribution in [-0.4, -0.2) is 37.9 Å². The minimum absolute atomic E-state index is 0.315. The van der Waals surface area contributed by atoms with Crippen molar-refractivity contribution in [3.63, 3.8) is 0 Å². The van der Waals surface area contributed by atoms with Crippen LogP contribution in [0.15, 0.2) is 34.7 Å². The van der Waals surface area contributed by atoms with Gasteiger partial charge < -0.3 is 9.73 Å². The van der Waals surface area contributed by atoms with Crippen LogP contribution in [0.4, 0.5) is 0 Å². The molecule has 1 aromatic heterocycles. The maximum absolute atomic E-state index is 11.4. The first-order valence-electron chi connectivity index (χ1n) is 6.81. The van der Waals surface area contributed by atoms with Crippen LogP contribution in [0.3, 0.4) is 0 Å². The first-order valence-corrected chi connectivity index (χ1v) is 8.87. The van der Waals surface area contributed by atoms with Crippen LogP contribution in [0.25, 0.3) is 11.5 Å². The normalized spacial score (nSPS) is 11.4. The number of oxazole rings is 1. The van der Waals surface area contributed by atoms with E-state index in [1.807, 2.05) is 37.3 Å². The van der Waals surface area contributed by atoms with Crippen LogP contribution in [-0.2, 0) is 21.1 Å². The van der Waals surface area contributed by atoms with Crippen LogP contribution in [0, 0.1) is 6.92 Å². The molecule has 0 aliphatic heterocycles. The van der Waals surface area contributed by atoms with Gasteiger partial charge in [-0.25, -0.2) is 13.4 Å². The molecule has 6 nitrogen and oxygen atoms in total. The molecule has 0 radical (unpaired) electrons. The van der Waals surface area contributed by atoms with E-state index in [9.17, 15) is 13.2 Å². The lowest BCUT2D eigenvalue weighted by molar-refractivity contribution is -0.118. The summed E-state index contributed by atoms with van der Waals surface area (Å²) in [5, 5.41) is 2.56. The molecule has 22 heavy (non-hydrogen) atoms. The number of benzene rings is 1. The zero-order chi connectivity index (χ0) is 16.2. The molecule has 0 unspecified atom stereocenters. The number of nitrogens with zero attached hydrogens (tertiary/aromatic N) is 1. The van der Waals surface area contributed by atoms with Crippen molar-refractivity contribution in [2.24, 2.45) is 0 Å². The Morgan fingerprint density at radius 3 is 2.59 bits per heavy atom. The Labute approximate surface area is 129 Å². The summed E-state index contributed by atoms with van der Waals surface area (Å²) in [6.45, 7) is 2.13. The van der Waals surface area contributed by atoms with Crippen molar-refractivity contribution in [3.8, 4) is 11.5 Å². The van der Waals surface area contributed by atoms with E-state index < -0.39 is 21.5 Å². The third kappa shape index (κ3) is 4.70. The van der Waals surface area contributed by atoms with Crippen molar-refractivity contribution in [2.45, 2.75) is 13.3 Å². The number of hydrogen-bond donors (Lipinski definition) is 1. The van der Waals surface area contributed by atoms with Gasteiger partial charge in [0, 0.05) is 24.8 Å². The number of carbonyl (C=O) groups excluding carboxylic acids is 1. The Kier molecular flexibility index (Phi) is 4.97. The summed E-state index contributed by atoms with van der Waals surface area (Å²) in [6.07, 6.45) is 1.51. The number of sulfone groups is 1. The third-order valence-corrected chi connectivity index (χ3v) is 3.78. The zero-order valence-electron chi connectivity index (χ0n) is 12.5. The van der Waals surface area contributed by atoms with Gasteiger partial charge in [0.05, 0.1) is 5.69 Å². The SMILES string of the molecule is Cc1oc(-c2ccccc2)nc1CCNC(=O)CS(C)(=O)=O. The molecule has 2 aromatic rings. The first-order chi connectivity index (χ1) is 10.3. The van der Waals surface area contributed by atoms with Gasteiger partial charge in [-0.1, -0.05) is 18.2 Å². The largest absolute Gasteiger partial charge is 0.441 e. The van der Waals surface area contributed by atoms with Crippen LogP contribution in [0.2, 0.25) is 0 Å². The highest BCUT2D eigenvalue weighted by Gasteiger charge is 2.13. The number of nitrogens with one attached hydrogen (secondary N) is 1. The van der Waals surface area contributed by atoms with E-state index in [1.54, 1.807) is 0 Å². The molecule has 7 heteroatoms. The molecule has 0 fully saturated rings. The van der Waals surface area contributed by atoms with Gasteiger partial charge in [0.1, 0.15) is 11.5 Å². The molecular weight excluding hydrogens is 304 g/mol. The first kappa shape index (κ1) is 16.2. The summed E-state index contributed by atoms with van der Waals surface area (Å²) in [7, 11) is -3.30. The molecule has 0 spiro atoms. The monoisotopic (exact) mass is 322 g/mol. The molecule has 0 aliphatic carbocycles. The second-order valence-electron chi connectivity index (χ2n) is 5.06. The summed E-state index contributed by atoms with van der Waals surface area (Å²) in [6, 6.07) is 9.53. The lowest BCUT2D eigenvalue weighted by Gasteiger charge is -2.02. The summed E-state index contributed by atoms with van der Waals surface area (Å²) < 4.78 is 27.6. The fourth-order valence-electron chi connectivity index (χ4n) is 1.97. The summed E-state index contributed by atoms with van der Waals surface area (Å²) in [4.78, 5) is 15.8. The highest BCUT2D eigenvalue weighted by Crippen LogP contribution is 2.21. The average Bonchev–Trinajstić information content (AvgIpc) is 2.79. The Morgan fingerprint density at radius 1 is 1.27 bits per heavy atom. The average molecular weight is 322 g/mol. The minimum atomic E-state index is -3.30. The smallest absolute Gasteiger partial charge is 0.235 e. The summed E-state index contributed by atoms with van der Waals surface area (Å²) in [5.41, 5.74) is 1.64. The lowest BCUT2D eigenvalue weighted by atomic mass is 10.2. The van der Waals surface area contributed by atoms with Crippen LogP contribution >= 0.6 is 0 Å². The van der Waals surface area contributed by atoms with Gasteiger partial charge >= 0.3 is 0 Å². The molecule has 1 N–H and O–H groups in total. The predicted molar refractivity (Wildman–Crippen MR) is 83.1 cm³/mol. The molecule has 118 valence electrons. The molecule has 1 heterocycles. The lowest BCUT2D eigenvalue weighted by Crippen LogP contribution is -2.31. The van der Waals surface area contributed by atoms with E-state index in [2.05, 4.69) is 10.3 Å². The van der Waals surface area contributed by atoms with Crippen LogP contribution in [0.5, 0.6) is 0 Å². The van der Waals surface area contributed by atoms with E-state index in [4.69, 9.17) is 4.42 Å². The Morgan fingerprint density at radius 2 is 1.95 bits per heavy atom. The molecule has 0 aliphatic rings. The predicted octanol–water partition coefficient (Wildman–Crippen LogP) is 1.35. The van der Waals surface area contributed by atoms with Gasteiger partial charge in [-0.15, -0.1) is 0 Å². The number of amides is 1. The van der Waals surface area contributed by atoms with Gasteiger partial charge in [0.25, 0.3) is 0 Å². The van der Waals surface area contributed by atoms with Crippen LogP contribution in [0.1, 0.15) is 11.5 Å². The molecule has 1 aromatic carbocycles. The topological polar surface area (TPSA) is 89.3 Å². The van der Waals surface area contributed by atoms with Crippen molar-refractivity contribution < 1.29 is 17.6 Å². The molecular formula is C15H18N2O4S. The maximum Gasteiger partial charge on any atom is 0.235 e. The van der Waals surface area contributed by atoms with Crippen molar-refractivity contribution in [3.05, 3.63) is 41.8 Å².